The lowest BCUT2D eigenvalue weighted by Crippen LogP contribution is -2.49. The Morgan fingerprint density at radius 2 is 1.75 bits per heavy atom. The van der Waals surface area contributed by atoms with Crippen molar-refractivity contribution in [3.8, 4) is 0 Å². The number of aliphatic hydroxyl groups excluding tert-OH is 2. The number of β-amino-alcohol motifs (C(OH)–C–C–N with tert-alkyl or cyclic N) is 2. The highest BCUT2D eigenvalue weighted by Crippen LogP contribution is 2.35. The smallest absolute Gasteiger partial charge is 0.0900 e. The third-order valence-corrected chi connectivity index (χ3v) is 5.81. The van der Waals surface area contributed by atoms with Gasteiger partial charge in [0.1, 0.15) is 0 Å². The number of rotatable bonds is 8. The van der Waals surface area contributed by atoms with E-state index < -0.39 is 6.10 Å². The summed E-state index contributed by atoms with van der Waals surface area (Å²) < 4.78 is 6.17. The molecule has 2 fully saturated rings. The highest BCUT2D eigenvalue weighted by Gasteiger charge is 2.32. The lowest BCUT2D eigenvalue weighted by Gasteiger charge is -2.38. The molecule has 1 aliphatic heterocycles. The summed E-state index contributed by atoms with van der Waals surface area (Å²) in [6.07, 6.45) is 3.61. The summed E-state index contributed by atoms with van der Waals surface area (Å²) in [4.78, 5) is 4.58. The number of nitrogens with zero attached hydrogens (tertiary/aromatic N) is 2. The average Bonchev–Trinajstić information content (AvgIpc) is 2.55. The summed E-state index contributed by atoms with van der Waals surface area (Å²) in [7, 11) is 0. The molecule has 142 valence electrons. The average molecular weight is 343 g/mol. The van der Waals surface area contributed by atoms with Gasteiger partial charge in [-0.1, -0.05) is 27.2 Å². The van der Waals surface area contributed by atoms with Crippen molar-refractivity contribution in [2.45, 2.75) is 52.2 Å². The van der Waals surface area contributed by atoms with Crippen LogP contribution in [0.25, 0.3) is 0 Å². The highest BCUT2D eigenvalue weighted by atomic mass is 16.5. The van der Waals surface area contributed by atoms with Gasteiger partial charge in [0, 0.05) is 39.3 Å². The van der Waals surface area contributed by atoms with Crippen LogP contribution in [0.15, 0.2) is 0 Å². The van der Waals surface area contributed by atoms with E-state index in [1.54, 1.807) is 0 Å². The molecule has 1 saturated carbocycles. The Morgan fingerprint density at radius 3 is 2.38 bits per heavy atom. The maximum absolute atomic E-state index is 10.4. The van der Waals surface area contributed by atoms with Crippen LogP contribution in [0, 0.1) is 17.8 Å². The van der Waals surface area contributed by atoms with Crippen molar-refractivity contribution in [1.29, 1.82) is 0 Å². The van der Waals surface area contributed by atoms with Gasteiger partial charge in [-0.25, -0.2) is 0 Å². The molecule has 0 amide bonds. The third kappa shape index (κ3) is 6.26. The van der Waals surface area contributed by atoms with Gasteiger partial charge in [0.05, 0.1) is 25.4 Å². The second kappa shape index (κ2) is 10.1. The predicted octanol–water partition coefficient (Wildman–Crippen LogP) is 1.43. The van der Waals surface area contributed by atoms with Crippen LogP contribution in [0.5, 0.6) is 0 Å². The number of hydrogen-bond donors (Lipinski definition) is 2. The molecule has 0 bridgehead atoms. The minimum absolute atomic E-state index is 0.229. The SMILES string of the molecule is CC(C)[C@H]1CC[C@@H](C)C[C@@H]1OC[C@@H](O)CN1CCN(CCO)CC1. The van der Waals surface area contributed by atoms with Crippen LogP contribution in [0.1, 0.15) is 40.0 Å². The Morgan fingerprint density at radius 1 is 1.08 bits per heavy atom. The molecule has 24 heavy (non-hydrogen) atoms. The highest BCUT2D eigenvalue weighted by molar-refractivity contribution is 4.82. The molecular formula is C19H38N2O3. The molecule has 5 heteroatoms. The molecule has 4 atom stereocenters. The number of ether oxygens (including phenoxy) is 1. The van der Waals surface area contributed by atoms with Crippen molar-refractivity contribution in [3.05, 3.63) is 0 Å². The number of hydrogen-bond acceptors (Lipinski definition) is 5. The van der Waals surface area contributed by atoms with E-state index in [2.05, 4.69) is 30.6 Å². The van der Waals surface area contributed by atoms with Crippen LogP contribution in [0.4, 0.5) is 0 Å². The monoisotopic (exact) mass is 342 g/mol. The van der Waals surface area contributed by atoms with Gasteiger partial charge in [-0.3, -0.25) is 9.80 Å². The zero-order valence-corrected chi connectivity index (χ0v) is 15.9. The van der Waals surface area contributed by atoms with E-state index in [4.69, 9.17) is 9.84 Å². The van der Waals surface area contributed by atoms with Crippen molar-refractivity contribution in [2.75, 3.05) is 52.5 Å². The van der Waals surface area contributed by atoms with Gasteiger partial charge < -0.3 is 14.9 Å². The van der Waals surface area contributed by atoms with Gasteiger partial charge in [-0.15, -0.1) is 0 Å². The van der Waals surface area contributed by atoms with Crippen LogP contribution in [-0.2, 0) is 4.74 Å². The van der Waals surface area contributed by atoms with Crippen molar-refractivity contribution in [2.24, 2.45) is 17.8 Å². The molecule has 0 radical (unpaired) electrons. The Hall–Kier alpha value is -0.200. The molecule has 0 unspecified atom stereocenters. The Kier molecular flexibility index (Phi) is 8.44. The third-order valence-electron chi connectivity index (χ3n) is 5.81. The molecule has 2 rings (SSSR count). The van der Waals surface area contributed by atoms with E-state index in [1.165, 1.54) is 12.8 Å². The Bertz CT molecular complexity index is 346. The largest absolute Gasteiger partial charge is 0.395 e. The second-order valence-corrected chi connectivity index (χ2v) is 8.22. The Labute approximate surface area is 148 Å². The normalized spacial score (nSPS) is 31.5. The molecule has 0 aromatic rings. The van der Waals surface area contributed by atoms with Gasteiger partial charge in [-0.2, -0.15) is 0 Å². The fourth-order valence-corrected chi connectivity index (χ4v) is 4.23. The molecule has 1 aliphatic carbocycles. The van der Waals surface area contributed by atoms with Crippen molar-refractivity contribution in [3.63, 3.8) is 0 Å². The van der Waals surface area contributed by atoms with E-state index in [9.17, 15) is 5.11 Å². The molecule has 1 saturated heterocycles. The van der Waals surface area contributed by atoms with E-state index >= 15 is 0 Å². The first-order chi connectivity index (χ1) is 11.5. The quantitative estimate of drug-likeness (QED) is 0.699. The molecule has 0 aromatic heterocycles. The lowest BCUT2D eigenvalue weighted by atomic mass is 9.75. The van der Waals surface area contributed by atoms with Gasteiger partial charge in [0.15, 0.2) is 0 Å². The maximum atomic E-state index is 10.4. The van der Waals surface area contributed by atoms with Crippen LogP contribution in [0.2, 0.25) is 0 Å². The first kappa shape index (κ1) is 20.1. The number of aliphatic hydroxyl groups is 2. The predicted molar refractivity (Wildman–Crippen MR) is 97.1 cm³/mol. The zero-order chi connectivity index (χ0) is 17.5. The summed E-state index contributed by atoms with van der Waals surface area (Å²) in [6.45, 7) is 12.9. The van der Waals surface area contributed by atoms with E-state index in [0.29, 0.717) is 31.1 Å². The molecule has 2 aliphatic rings. The second-order valence-electron chi connectivity index (χ2n) is 8.22. The molecule has 5 nitrogen and oxygen atoms in total. The van der Waals surface area contributed by atoms with Gasteiger partial charge >= 0.3 is 0 Å². The molecule has 2 N–H and O–H groups in total. The van der Waals surface area contributed by atoms with Crippen molar-refractivity contribution >= 4 is 0 Å². The van der Waals surface area contributed by atoms with Crippen molar-refractivity contribution < 1.29 is 14.9 Å². The first-order valence-corrected chi connectivity index (χ1v) is 9.84. The number of piperazine rings is 1. The van der Waals surface area contributed by atoms with Gasteiger partial charge in [0.25, 0.3) is 0 Å². The van der Waals surface area contributed by atoms with E-state index in [0.717, 1.165) is 45.1 Å². The van der Waals surface area contributed by atoms with Crippen LogP contribution >= 0.6 is 0 Å². The Balaban J connectivity index is 1.69. The lowest BCUT2D eigenvalue weighted by molar-refractivity contribution is -0.0755. The van der Waals surface area contributed by atoms with Crippen LogP contribution in [0.3, 0.4) is 0 Å². The first-order valence-electron chi connectivity index (χ1n) is 9.84. The molecular weight excluding hydrogens is 304 g/mol. The topological polar surface area (TPSA) is 56.2 Å². The minimum Gasteiger partial charge on any atom is -0.395 e. The summed E-state index contributed by atoms with van der Waals surface area (Å²) in [5.41, 5.74) is 0. The van der Waals surface area contributed by atoms with E-state index in [-0.39, 0.29) is 6.61 Å². The summed E-state index contributed by atoms with van der Waals surface area (Å²) in [5.74, 6) is 2.02. The summed E-state index contributed by atoms with van der Waals surface area (Å²) in [6, 6.07) is 0. The van der Waals surface area contributed by atoms with Gasteiger partial charge in [0.2, 0.25) is 0 Å². The molecule has 0 aromatic carbocycles. The minimum atomic E-state index is -0.403. The van der Waals surface area contributed by atoms with Crippen molar-refractivity contribution in [1.82, 2.24) is 9.80 Å². The summed E-state index contributed by atoms with van der Waals surface area (Å²) >= 11 is 0. The maximum Gasteiger partial charge on any atom is 0.0900 e. The van der Waals surface area contributed by atoms with Crippen LogP contribution in [-0.4, -0.2) is 84.7 Å². The summed E-state index contributed by atoms with van der Waals surface area (Å²) in [5, 5.41) is 19.4. The van der Waals surface area contributed by atoms with Crippen LogP contribution < -0.4 is 0 Å². The zero-order valence-electron chi connectivity index (χ0n) is 15.9. The van der Waals surface area contributed by atoms with Gasteiger partial charge in [-0.05, 0) is 30.6 Å². The fourth-order valence-electron chi connectivity index (χ4n) is 4.23. The standard InChI is InChI=1S/C19H38N2O3/c1-15(2)18-5-4-16(3)12-19(18)24-14-17(23)13-21-8-6-20(7-9-21)10-11-22/h15-19,22-23H,4-14H2,1-3H3/t16-,17+,18-,19+/m1/s1. The molecule has 0 spiro atoms. The van der Waals surface area contributed by atoms with E-state index in [1.807, 2.05) is 0 Å². The fraction of sp³-hybridized carbons (Fsp3) is 1.00. The molecule has 1 heterocycles.